The van der Waals surface area contributed by atoms with Gasteiger partial charge in [-0.1, -0.05) is 12.1 Å². The van der Waals surface area contributed by atoms with Gasteiger partial charge in [0, 0.05) is 23.7 Å². The molecule has 0 fully saturated rings. The number of carbonyl (C=O) groups is 1. The first-order valence-corrected chi connectivity index (χ1v) is 7.93. The second-order valence-corrected chi connectivity index (χ2v) is 5.76. The van der Waals surface area contributed by atoms with E-state index in [-0.39, 0.29) is 5.78 Å². The van der Waals surface area contributed by atoms with Crippen LogP contribution in [0.3, 0.4) is 0 Å². The van der Waals surface area contributed by atoms with E-state index in [2.05, 4.69) is 0 Å². The Morgan fingerprint density at radius 2 is 1.96 bits per heavy atom. The SMILES string of the molecule is COc1ccc(/C=C/C(=O)c2cccc(OCCN(C)C)c2)c(F)c1. The number of hydrogen-bond acceptors (Lipinski definition) is 4. The molecular formula is C20H22FNO3. The maximum Gasteiger partial charge on any atom is 0.185 e. The molecule has 0 atom stereocenters. The van der Waals surface area contributed by atoms with Crippen LogP contribution in [0.5, 0.6) is 11.5 Å². The summed E-state index contributed by atoms with van der Waals surface area (Å²) >= 11 is 0. The molecule has 132 valence electrons. The molecule has 25 heavy (non-hydrogen) atoms. The van der Waals surface area contributed by atoms with E-state index in [0.717, 1.165) is 6.54 Å². The van der Waals surface area contributed by atoms with Gasteiger partial charge >= 0.3 is 0 Å². The van der Waals surface area contributed by atoms with Gasteiger partial charge < -0.3 is 14.4 Å². The van der Waals surface area contributed by atoms with E-state index < -0.39 is 5.82 Å². The summed E-state index contributed by atoms with van der Waals surface area (Å²) in [6.07, 6.45) is 2.81. The second-order valence-electron chi connectivity index (χ2n) is 5.76. The van der Waals surface area contributed by atoms with Gasteiger partial charge in [-0.2, -0.15) is 0 Å². The molecule has 0 unspecified atom stereocenters. The van der Waals surface area contributed by atoms with Crippen molar-refractivity contribution in [1.82, 2.24) is 4.90 Å². The van der Waals surface area contributed by atoms with Crippen LogP contribution in [0.4, 0.5) is 4.39 Å². The van der Waals surface area contributed by atoms with Crippen LogP contribution < -0.4 is 9.47 Å². The number of benzene rings is 2. The van der Waals surface area contributed by atoms with Gasteiger partial charge in [-0.25, -0.2) is 4.39 Å². The molecule has 0 aliphatic heterocycles. The molecule has 0 N–H and O–H groups in total. The predicted molar refractivity (Wildman–Crippen MR) is 96.8 cm³/mol. The molecule has 0 amide bonds. The normalized spacial score (nSPS) is 11.1. The highest BCUT2D eigenvalue weighted by molar-refractivity contribution is 6.07. The topological polar surface area (TPSA) is 38.8 Å². The average molecular weight is 343 g/mol. The summed E-state index contributed by atoms with van der Waals surface area (Å²) in [5.74, 6) is 0.415. The Bertz CT molecular complexity index is 756. The van der Waals surface area contributed by atoms with E-state index in [4.69, 9.17) is 9.47 Å². The number of rotatable bonds is 8. The molecular weight excluding hydrogens is 321 g/mol. The standard InChI is InChI=1S/C20H22FNO3/c1-22(2)11-12-25-18-6-4-5-16(13-18)20(23)10-8-15-7-9-17(24-3)14-19(15)21/h4-10,13-14H,11-12H2,1-3H3/b10-8+. The molecule has 0 radical (unpaired) electrons. The van der Waals surface area contributed by atoms with Crippen LogP contribution in [0, 0.1) is 5.82 Å². The number of ketones is 1. The van der Waals surface area contributed by atoms with Crippen molar-refractivity contribution in [2.45, 2.75) is 0 Å². The lowest BCUT2D eigenvalue weighted by molar-refractivity contribution is 0.104. The highest BCUT2D eigenvalue weighted by Gasteiger charge is 2.06. The molecule has 0 aliphatic rings. The molecule has 0 saturated heterocycles. The first kappa shape index (κ1) is 18.7. The molecule has 0 heterocycles. The summed E-state index contributed by atoms with van der Waals surface area (Å²) in [6, 6.07) is 11.5. The van der Waals surface area contributed by atoms with Crippen molar-refractivity contribution in [3.63, 3.8) is 0 Å². The summed E-state index contributed by atoms with van der Waals surface area (Å²) in [5, 5.41) is 0. The van der Waals surface area contributed by atoms with Gasteiger partial charge in [-0.3, -0.25) is 4.79 Å². The van der Waals surface area contributed by atoms with Crippen LogP contribution in [0.1, 0.15) is 15.9 Å². The number of halogens is 1. The fourth-order valence-corrected chi connectivity index (χ4v) is 2.12. The lowest BCUT2D eigenvalue weighted by Crippen LogP contribution is -2.19. The Labute approximate surface area is 147 Å². The van der Waals surface area contributed by atoms with Gasteiger partial charge in [-0.05, 0) is 50.5 Å². The number of nitrogens with zero attached hydrogens (tertiary/aromatic N) is 1. The Balaban J connectivity index is 2.05. The summed E-state index contributed by atoms with van der Waals surface area (Å²) in [6.45, 7) is 1.33. The van der Waals surface area contributed by atoms with Gasteiger partial charge in [0.2, 0.25) is 0 Å². The van der Waals surface area contributed by atoms with E-state index in [1.54, 1.807) is 36.4 Å². The minimum atomic E-state index is -0.441. The highest BCUT2D eigenvalue weighted by atomic mass is 19.1. The van der Waals surface area contributed by atoms with Crippen molar-refractivity contribution in [2.75, 3.05) is 34.4 Å². The van der Waals surface area contributed by atoms with Gasteiger partial charge in [0.15, 0.2) is 5.78 Å². The molecule has 0 aliphatic carbocycles. The van der Waals surface area contributed by atoms with Crippen LogP contribution in [0.2, 0.25) is 0 Å². The van der Waals surface area contributed by atoms with Crippen molar-refractivity contribution in [2.24, 2.45) is 0 Å². The zero-order chi connectivity index (χ0) is 18.2. The van der Waals surface area contributed by atoms with Crippen LogP contribution in [0.15, 0.2) is 48.5 Å². The minimum Gasteiger partial charge on any atom is -0.497 e. The van der Waals surface area contributed by atoms with Crippen molar-refractivity contribution in [3.05, 3.63) is 65.5 Å². The van der Waals surface area contributed by atoms with Crippen molar-refractivity contribution < 1.29 is 18.7 Å². The summed E-state index contributed by atoms with van der Waals surface area (Å²) < 4.78 is 24.5. The molecule has 0 spiro atoms. The molecule has 0 aromatic heterocycles. The van der Waals surface area contributed by atoms with Crippen LogP contribution in [-0.2, 0) is 0 Å². The number of carbonyl (C=O) groups excluding carboxylic acids is 1. The van der Waals surface area contributed by atoms with E-state index in [9.17, 15) is 9.18 Å². The molecule has 0 saturated carbocycles. The van der Waals surface area contributed by atoms with Crippen LogP contribution >= 0.6 is 0 Å². The van der Waals surface area contributed by atoms with Gasteiger partial charge in [0.25, 0.3) is 0 Å². The third kappa shape index (κ3) is 5.72. The Morgan fingerprint density at radius 1 is 1.16 bits per heavy atom. The van der Waals surface area contributed by atoms with Gasteiger partial charge in [-0.15, -0.1) is 0 Å². The largest absolute Gasteiger partial charge is 0.497 e. The highest BCUT2D eigenvalue weighted by Crippen LogP contribution is 2.18. The number of ether oxygens (including phenoxy) is 2. The predicted octanol–water partition coefficient (Wildman–Crippen LogP) is 3.67. The van der Waals surface area contributed by atoms with Crippen molar-refractivity contribution in [1.29, 1.82) is 0 Å². The lowest BCUT2D eigenvalue weighted by atomic mass is 10.1. The lowest BCUT2D eigenvalue weighted by Gasteiger charge is -2.11. The Hall–Kier alpha value is -2.66. The smallest absolute Gasteiger partial charge is 0.185 e. The second kappa shape index (κ2) is 8.99. The number of allylic oxidation sites excluding steroid dienone is 1. The van der Waals surface area contributed by atoms with E-state index in [1.807, 2.05) is 19.0 Å². The average Bonchev–Trinajstić information content (AvgIpc) is 2.60. The van der Waals surface area contributed by atoms with Crippen LogP contribution in [-0.4, -0.2) is 45.0 Å². The Morgan fingerprint density at radius 3 is 2.64 bits per heavy atom. The fraction of sp³-hybridized carbons (Fsp3) is 0.250. The van der Waals surface area contributed by atoms with E-state index >= 15 is 0 Å². The zero-order valence-corrected chi connectivity index (χ0v) is 14.7. The van der Waals surface area contributed by atoms with Crippen molar-refractivity contribution in [3.8, 4) is 11.5 Å². The number of hydrogen-bond donors (Lipinski definition) is 0. The first-order valence-electron chi connectivity index (χ1n) is 7.93. The number of likely N-dealkylation sites (N-methyl/N-ethyl adjacent to an activating group) is 1. The third-order valence-corrected chi connectivity index (χ3v) is 3.55. The molecule has 0 bridgehead atoms. The van der Waals surface area contributed by atoms with E-state index in [1.165, 1.54) is 25.3 Å². The molecule has 2 rings (SSSR count). The quantitative estimate of drug-likeness (QED) is 0.541. The summed E-state index contributed by atoms with van der Waals surface area (Å²) in [7, 11) is 5.40. The summed E-state index contributed by atoms with van der Waals surface area (Å²) in [4.78, 5) is 14.3. The van der Waals surface area contributed by atoms with Gasteiger partial charge in [0.05, 0.1) is 7.11 Å². The Kier molecular flexibility index (Phi) is 6.71. The minimum absolute atomic E-state index is 0.215. The monoisotopic (exact) mass is 343 g/mol. The maximum absolute atomic E-state index is 13.9. The van der Waals surface area contributed by atoms with Crippen LogP contribution in [0.25, 0.3) is 6.08 Å². The maximum atomic E-state index is 13.9. The fourth-order valence-electron chi connectivity index (χ4n) is 2.12. The molecule has 4 nitrogen and oxygen atoms in total. The molecule has 2 aromatic rings. The third-order valence-electron chi connectivity index (χ3n) is 3.55. The van der Waals surface area contributed by atoms with Gasteiger partial charge in [0.1, 0.15) is 23.9 Å². The van der Waals surface area contributed by atoms with Crippen molar-refractivity contribution >= 4 is 11.9 Å². The number of methoxy groups -OCH3 is 1. The molecule has 5 heteroatoms. The molecule has 2 aromatic carbocycles. The zero-order valence-electron chi connectivity index (χ0n) is 14.7. The first-order chi connectivity index (χ1) is 12.0. The van der Waals surface area contributed by atoms with E-state index in [0.29, 0.717) is 29.2 Å². The summed E-state index contributed by atoms with van der Waals surface area (Å²) in [5.41, 5.74) is 0.820.